The number of sulfonamides is 1. The Labute approximate surface area is 149 Å². The number of rotatable bonds is 2. The van der Waals surface area contributed by atoms with Crippen LogP contribution in [-0.4, -0.2) is 39.6 Å². The molecule has 1 fully saturated rings. The van der Waals surface area contributed by atoms with Crippen molar-refractivity contribution in [2.75, 3.05) is 25.0 Å². The van der Waals surface area contributed by atoms with Gasteiger partial charge in [0.15, 0.2) is 15.3 Å². The number of hydrogen-bond acceptors (Lipinski definition) is 5. The molecule has 1 unspecified atom stereocenters. The van der Waals surface area contributed by atoms with Crippen LogP contribution in [-0.2, 0) is 21.2 Å². The summed E-state index contributed by atoms with van der Waals surface area (Å²) in [5, 5.41) is 3.33. The van der Waals surface area contributed by atoms with Gasteiger partial charge in [-0.2, -0.15) is 0 Å². The van der Waals surface area contributed by atoms with Crippen LogP contribution in [0.1, 0.15) is 18.5 Å². The molecule has 0 aliphatic carbocycles. The first kappa shape index (κ1) is 16.7. The van der Waals surface area contributed by atoms with E-state index in [1.54, 1.807) is 18.3 Å². The zero-order valence-electron chi connectivity index (χ0n) is 14.0. The van der Waals surface area contributed by atoms with Crippen molar-refractivity contribution in [3.63, 3.8) is 0 Å². The molecule has 25 heavy (non-hydrogen) atoms. The molecule has 1 saturated heterocycles. The first-order valence-electron chi connectivity index (χ1n) is 8.56. The first-order valence-corrected chi connectivity index (χ1v) is 10.0. The van der Waals surface area contributed by atoms with E-state index in [1.807, 2.05) is 30.3 Å². The maximum absolute atomic E-state index is 12.8. The minimum atomic E-state index is -3.51. The fourth-order valence-electron chi connectivity index (χ4n) is 3.63. The van der Waals surface area contributed by atoms with Crippen LogP contribution in [0, 0.1) is 0 Å². The number of nitrogens with zero attached hydrogens (tertiary/aromatic N) is 2. The van der Waals surface area contributed by atoms with Crippen molar-refractivity contribution in [2.45, 2.75) is 29.8 Å². The normalized spacial score (nSPS) is 25.8. The van der Waals surface area contributed by atoms with Crippen LogP contribution < -0.4 is 10.0 Å². The summed E-state index contributed by atoms with van der Waals surface area (Å²) >= 11 is 0. The van der Waals surface area contributed by atoms with Gasteiger partial charge in [-0.15, -0.1) is 4.72 Å². The van der Waals surface area contributed by atoms with Gasteiger partial charge in [-0.1, -0.05) is 22.4 Å². The monoisotopic (exact) mass is 358 g/mol. The number of aromatic nitrogens is 1. The highest BCUT2D eigenvalue weighted by Gasteiger charge is 2.44. The molecular formula is C18H22N4O2S. The highest BCUT2D eigenvalue weighted by Crippen LogP contribution is 2.34. The molecule has 2 aliphatic heterocycles. The van der Waals surface area contributed by atoms with Gasteiger partial charge in [-0.05, 0) is 37.1 Å². The number of fused-ring (bicyclic) bond motifs is 1. The number of para-hydroxylation sites is 1. The van der Waals surface area contributed by atoms with E-state index in [4.69, 9.17) is 0 Å². The summed E-state index contributed by atoms with van der Waals surface area (Å²) in [4.78, 5) is 7.05. The smallest absolute Gasteiger partial charge is 0.198 e. The number of benzene rings is 1. The van der Waals surface area contributed by atoms with Crippen LogP contribution in [0.25, 0.3) is 0 Å². The standard InChI is InChI=1S/C18H22N4O2S/c23-25(24)17-7-2-1-6-16(17)20-14-18(21-25)8-11-22(12-9-18)13-15-5-3-4-10-19-15/h1-7,10,20H,8-9,11-14H2,(H-,21,23,24). The summed E-state index contributed by atoms with van der Waals surface area (Å²) in [6.45, 7) is 3.10. The molecule has 3 heterocycles. The quantitative estimate of drug-likeness (QED) is 0.803. The molecule has 7 heteroatoms. The lowest BCUT2D eigenvalue weighted by molar-refractivity contribution is 0.149. The molecule has 0 bridgehead atoms. The van der Waals surface area contributed by atoms with Gasteiger partial charge in [-0.3, -0.25) is 9.88 Å². The molecular weight excluding hydrogens is 336 g/mol. The predicted octanol–water partition coefficient (Wildman–Crippen LogP) is 2.04. The van der Waals surface area contributed by atoms with Crippen LogP contribution in [0.2, 0.25) is 0 Å². The fourth-order valence-corrected chi connectivity index (χ4v) is 5.27. The molecule has 1 aromatic carbocycles. The van der Waals surface area contributed by atoms with Crippen LogP contribution in [0.4, 0.5) is 5.69 Å². The molecule has 0 saturated carbocycles. The molecule has 0 radical (unpaired) electrons. The van der Waals surface area contributed by atoms with E-state index in [2.05, 4.69) is 19.9 Å². The minimum absolute atomic E-state index is 0.336. The third kappa shape index (κ3) is 3.46. The highest BCUT2D eigenvalue weighted by atomic mass is 32.3. The summed E-state index contributed by atoms with van der Waals surface area (Å²) < 4.78 is 28.5. The Morgan fingerprint density at radius 1 is 1.16 bits per heavy atom. The Kier molecular flexibility index (Phi) is 4.33. The SMILES string of the molecule is O=[S+]1([O-])NC2(CCN(Cc3ccccn3)CC2)CNc2ccccc21. The second-order valence-corrected chi connectivity index (χ2v) is 8.48. The highest BCUT2D eigenvalue weighted by molar-refractivity contribution is 7.96. The lowest BCUT2D eigenvalue weighted by Crippen LogP contribution is -2.58. The summed E-state index contributed by atoms with van der Waals surface area (Å²) in [6, 6.07) is 13.0. The minimum Gasteiger partial charge on any atom is -0.593 e. The van der Waals surface area contributed by atoms with Gasteiger partial charge < -0.3 is 9.87 Å². The third-order valence-electron chi connectivity index (χ3n) is 5.07. The summed E-state index contributed by atoms with van der Waals surface area (Å²) in [7, 11) is -3.51. The van der Waals surface area contributed by atoms with Gasteiger partial charge in [0.2, 0.25) is 0 Å². The van der Waals surface area contributed by atoms with Crippen molar-refractivity contribution in [2.24, 2.45) is 0 Å². The molecule has 2 aliphatic rings. The van der Waals surface area contributed by atoms with Crippen molar-refractivity contribution < 1.29 is 8.76 Å². The van der Waals surface area contributed by atoms with Gasteiger partial charge in [-0.25, -0.2) is 0 Å². The number of nitrogens with one attached hydrogen (secondary N) is 2. The molecule has 132 valence electrons. The van der Waals surface area contributed by atoms with Crippen molar-refractivity contribution in [1.82, 2.24) is 14.6 Å². The van der Waals surface area contributed by atoms with Gasteiger partial charge in [0.1, 0.15) is 0 Å². The van der Waals surface area contributed by atoms with Gasteiger partial charge in [0.05, 0.1) is 16.9 Å². The molecule has 6 nitrogen and oxygen atoms in total. The zero-order chi connectivity index (χ0) is 17.3. The zero-order valence-corrected chi connectivity index (χ0v) is 14.8. The number of pyridine rings is 1. The van der Waals surface area contributed by atoms with Crippen LogP contribution in [0.15, 0.2) is 53.6 Å². The molecule has 4 rings (SSSR count). The molecule has 2 N–H and O–H groups in total. The molecule has 1 spiro atoms. The average Bonchev–Trinajstić information content (AvgIpc) is 2.73. The number of anilines is 1. The maximum Gasteiger partial charge on any atom is 0.198 e. The third-order valence-corrected chi connectivity index (χ3v) is 6.71. The summed E-state index contributed by atoms with van der Waals surface area (Å²) in [6.07, 6.45) is 3.36. The van der Waals surface area contributed by atoms with Crippen LogP contribution in [0.5, 0.6) is 0 Å². The molecule has 1 aromatic heterocycles. The van der Waals surface area contributed by atoms with Gasteiger partial charge >= 0.3 is 0 Å². The van der Waals surface area contributed by atoms with E-state index in [-0.39, 0.29) is 0 Å². The predicted molar refractivity (Wildman–Crippen MR) is 96.6 cm³/mol. The van der Waals surface area contributed by atoms with Crippen molar-refractivity contribution >= 4 is 16.1 Å². The lowest BCUT2D eigenvalue weighted by atomic mass is 9.88. The van der Waals surface area contributed by atoms with E-state index in [0.717, 1.165) is 38.2 Å². The number of piperidine rings is 1. The largest absolute Gasteiger partial charge is 0.593 e. The van der Waals surface area contributed by atoms with Gasteiger partial charge in [0.25, 0.3) is 0 Å². The Hall–Kier alpha value is -1.80. The first-order chi connectivity index (χ1) is 12.1. The van der Waals surface area contributed by atoms with Crippen molar-refractivity contribution in [3.05, 3.63) is 54.4 Å². The van der Waals surface area contributed by atoms with E-state index in [9.17, 15) is 8.76 Å². The van der Waals surface area contributed by atoms with E-state index in [1.165, 1.54) is 0 Å². The lowest BCUT2D eigenvalue weighted by Gasteiger charge is -2.40. The average molecular weight is 358 g/mol. The Morgan fingerprint density at radius 3 is 2.68 bits per heavy atom. The Bertz CT molecular complexity index is 791. The second-order valence-electron chi connectivity index (χ2n) is 6.83. The van der Waals surface area contributed by atoms with Crippen molar-refractivity contribution in [3.8, 4) is 0 Å². The second kappa shape index (κ2) is 6.49. The fraction of sp³-hybridized carbons (Fsp3) is 0.389. The van der Waals surface area contributed by atoms with Crippen LogP contribution >= 0.6 is 0 Å². The summed E-state index contributed by atoms with van der Waals surface area (Å²) in [5.41, 5.74) is 1.30. The summed E-state index contributed by atoms with van der Waals surface area (Å²) in [5.74, 6) is 0. The molecule has 0 amide bonds. The van der Waals surface area contributed by atoms with E-state index in [0.29, 0.717) is 17.1 Å². The number of likely N-dealkylation sites (tertiary alicyclic amines) is 1. The Balaban J connectivity index is 1.47. The maximum atomic E-state index is 12.8. The number of hydrogen-bond donors (Lipinski definition) is 2. The topological polar surface area (TPSA) is 80.3 Å². The Morgan fingerprint density at radius 2 is 1.92 bits per heavy atom. The van der Waals surface area contributed by atoms with E-state index < -0.39 is 15.9 Å². The molecule has 2 aromatic rings. The van der Waals surface area contributed by atoms with Crippen LogP contribution in [0.3, 0.4) is 0 Å². The molecule has 1 atom stereocenters. The van der Waals surface area contributed by atoms with E-state index >= 15 is 0 Å². The van der Waals surface area contributed by atoms with Gasteiger partial charge in [0, 0.05) is 32.4 Å². The van der Waals surface area contributed by atoms with Crippen molar-refractivity contribution in [1.29, 1.82) is 0 Å².